The Morgan fingerprint density at radius 2 is 2.29 bits per heavy atom. The Hall–Kier alpha value is -0.570. The molecular formula is C11H19NO2. The smallest absolute Gasteiger partial charge is 0.310 e. The maximum atomic E-state index is 11.7. The van der Waals surface area contributed by atoms with E-state index in [1.807, 2.05) is 6.92 Å². The van der Waals surface area contributed by atoms with Crippen molar-refractivity contribution in [3.63, 3.8) is 0 Å². The molecule has 1 saturated carbocycles. The van der Waals surface area contributed by atoms with E-state index in [2.05, 4.69) is 12.2 Å². The lowest BCUT2D eigenvalue weighted by Crippen LogP contribution is -2.35. The lowest BCUT2D eigenvalue weighted by atomic mass is 9.75. The first-order chi connectivity index (χ1) is 6.68. The molecule has 0 aromatic carbocycles. The molecule has 2 unspecified atom stereocenters. The maximum absolute atomic E-state index is 11.7. The minimum atomic E-state index is -0.00750. The first-order valence-electron chi connectivity index (χ1n) is 5.56. The molecular weight excluding hydrogens is 178 g/mol. The standard InChI is InChI=1S/C11H19NO2/c1-3-14-10(13)9-6-12-7-11(9,2)8-4-5-8/h8-9,12H,3-7H2,1-2H3. The third-order valence-corrected chi connectivity index (χ3v) is 3.73. The van der Waals surface area contributed by atoms with Crippen LogP contribution in [0.3, 0.4) is 0 Å². The highest BCUT2D eigenvalue weighted by atomic mass is 16.5. The molecule has 0 aromatic heterocycles. The summed E-state index contributed by atoms with van der Waals surface area (Å²) in [6.45, 7) is 6.37. The number of esters is 1. The average molecular weight is 197 g/mol. The molecule has 1 aliphatic heterocycles. The van der Waals surface area contributed by atoms with Crippen molar-refractivity contribution in [2.75, 3.05) is 19.7 Å². The van der Waals surface area contributed by atoms with Gasteiger partial charge in [-0.1, -0.05) is 6.92 Å². The molecule has 1 heterocycles. The summed E-state index contributed by atoms with van der Waals surface area (Å²) in [6, 6.07) is 0. The monoisotopic (exact) mass is 197 g/mol. The van der Waals surface area contributed by atoms with Crippen LogP contribution in [0.1, 0.15) is 26.7 Å². The van der Waals surface area contributed by atoms with Crippen molar-refractivity contribution in [1.82, 2.24) is 5.32 Å². The van der Waals surface area contributed by atoms with Crippen LogP contribution in [0.5, 0.6) is 0 Å². The fourth-order valence-corrected chi connectivity index (χ4v) is 2.61. The highest BCUT2D eigenvalue weighted by molar-refractivity contribution is 5.74. The molecule has 0 aromatic rings. The molecule has 3 heteroatoms. The zero-order valence-electron chi connectivity index (χ0n) is 9.01. The lowest BCUT2D eigenvalue weighted by molar-refractivity contribution is -0.151. The summed E-state index contributed by atoms with van der Waals surface area (Å²) in [4.78, 5) is 11.7. The Balaban J connectivity index is 2.05. The van der Waals surface area contributed by atoms with Gasteiger partial charge in [0.2, 0.25) is 0 Å². The second-order valence-electron chi connectivity index (χ2n) is 4.72. The molecule has 2 atom stereocenters. The first kappa shape index (κ1) is 9.97. The molecule has 80 valence electrons. The van der Waals surface area contributed by atoms with Crippen LogP contribution >= 0.6 is 0 Å². The molecule has 2 aliphatic rings. The molecule has 0 spiro atoms. The molecule has 0 amide bonds. The minimum absolute atomic E-state index is 0.00750. The Morgan fingerprint density at radius 3 is 2.86 bits per heavy atom. The molecule has 2 rings (SSSR count). The zero-order chi connectivity index (χ0) is 10.2. The third-order valence-electron chi connectivity index (χ3n) is 3.73. The molecule has 0 radical (unpaired) electrons. The summed E-state index contributed by atoms with van der Waals surface area (Å²) in [5.41, 5.74) is 0.159. The van der Waals surface area contributed by atoms with Gasteiger partial charge in [0.25, 0.3) is 0 Å². The molecule has 3 nitrogen and oxygen atoms in total. The second-order valence-corrected chi connectivity index (χ2v) is 4.72. The van der Waals surface area contributed by atoms with E-state index < -0.39 is 0 Å². The molecule has 14 heavy (non-hydrogen) atoms. The highest BCUT2D eigenvalue weighted by Crippen LogP contribution is 2.51. The van der Waals surface area contributed by atoms with Gasteiger partial charge in [0, 0.05) is 13.1 Å². The molecule has 2 fully saturated rings. The normalized spacial score (nSPS) is 37.1. The minimum Gasteiger partial charge on any atom is -0.466 e. The van der Waals surface area contributed by atoms with Crippen LogP contribution in [0.25, 0.3) is 0 Å². The van der Waals surface area contributed by atoms with Gasteiger partial charge in [0.05, 0.1) is 12.5 Å². The van der Waals surface area contributed by atoms with Crippen LogP contribution in [0.15, 0.2) is 0 Å². The second kappa shape index (κ2) is 3.54. The lowest BCUT2D eigenvalue weighted by Gasteiger charge is -2.28. The van der Waals surface area contributed by atoms with Crippen LogP contribution in [0, 0.1) is 17.3 Å². The topological polar surface area (TPSA) is 38.3 Å². The van der Waals surface area contributed by atoms with Gasteiger partial charge in [0.1, 0.15) is 0 Å². The van der Waals surface area contributed by atoms with Crippen molar-refractivity contribution < 1.29 is 9.53 Å². The van der Waals surface area contributed by atoms with E-state index in [-0.39, 0.29) is 17.3 Å². The number of carbonyl (C=O) groups is 1. The molecule has 1 saturated heterocycles. The number of ether oxygens (including phenoxy) is 1. The van der Waals surface area contributed by atoms with Gasteiger partial charge in [0.15, 0.2) is 0 Å². The van der Waals surface area contributed by atoms with E-state index in [1.54, 1.807) is 0 Å². The van der Waals surface area contributed by atoms with Gasteiger partial charge in [-0.25, -0.2) is 0 Å². The summed E-state index contributed by atoms with van der Waals surface area (Å²) in [5, 5.41) is 3.32. The Bertz CT molecular complexity index is 237. The SMILES string of the molecule is CCOC(=O)C1CNCC1(C)C1CC1. The van der Waals surface area contributed by atoms with Crippen molar-refractivity contribution in [1.29, 1.82) is 0 Å². The Morgan fingerprint density at radius 1 is 1.57 bits per heavy atom. The fraction of sp³-hybridized carbons (Fsp3) is 0.909. The summed E-state index contributed by atoms with van der Waals surface area (Å²) >= 11 is 0. The number of carbonyl (C=O) groups excluding carboxylic acids is 1. The molecule has 0 bridgehead atoms. The number of nitrogens with one attached hydrogen (secondary N) is 1. The Kier molecular flexibility index (Phi) is 2.52. The van der Waals surface area contributed by atoms with Crippen LogP contribution < -0.4 is 5.32 Å². The van der Waals surface area contributed by atoms with E-state index in [0.29, 0.717) is 6.61 Å². The predicted molar refractivity (Wildman–Crippen MR) is 53.8 cm³/mol. The van der Waals surface area contributed by atoms with Gasteiger partial charge in [-0.2, -0.15) is 0 Å². The molecule has 1 N–H and O–H groups in total. The quantitative estimate of drug-likeness (QED) is 0.691. The van der Waals surface area contributed by atoms with Crippen LogP contribution in [-0.2, 0) is 9.53 Å². The van der Waals surface area contributed by atoms with Crippen molar-refractivity contribution in [3.8, 4) is 0 Å². The van der Waals surface area contributed by atoms with E-state index >= 15 is 0 Å². The van der Waals surface area contributed by atoms with E-state index in [4.69, 9.17) is 4.74 Å². The summed E-state index contributed by atoms with van der Waals surface area (Å²) in [5.74, 6) is 0.814. The van der Waals surface area contributed by atoms with Crippen LogP contribution in [0.4, 0.5) is 0 Å². The van der Waals surface area contributed by atoms with Gasteiger partial charge >= 0.3 is 5.97 Å². The first-order valence-corrected chi connectivity index (χ1v) is 5.56. The summed E-state index contributed by atoms with van der Waals surface area (Å²) in [7, 11) is 0. The number of hydrogen-bond donors (Lipinski definition) is 1. The zero-order valence-corrected chi connectivity index (χ0v) is 9.01. The highest BCUT2D eigenvalue weighted by Gasteiger charge is 2.52. The van der Waals surface area contributed by atoms with E-state index in [1.165, 1.54) is 12.8 Å². The van der Waals surface area contributed by atoms with E-state index in [9.17, 15) is 4.79 Å². The Labute approximate surface area is 85.2 Å². The average Bonchev–Trinajstić information content (AvgIpc) is 2.92. The fourth-order valence-electron chi connectivity index (χ4n) is 2.61. The van der Waals surface area contributed by atoms with Crippen molar-refractivity contribution in [3.05, 3.63) is 0 Å². The third kappa shape index (κ3) is 1.54. The number of hydrogen-bond acceptors (Lipinski definition) is 3. The van der Waals surface area contributed by atoms with E-state index in [0.717, 1.165) is 19.0 Å². The van der Waals surface area contributed by atoms with Crippen molar-refractivity contribution in [2.45, 2.75) is 26.7 Å². The van der Waals surface area contributed by atoms with Gasteiger partial charge in [-0.3, -0.25) is 4.79 Å². The summed E-state index contributed by atoms with van der Waals surface area (Å²) < 4.78 is 5.12. The predicted octanol–water partition coefficient (Wildman–Crippen LogP) is 1.19. The molecule has 1 aliphatic carbocycles. The van der Waals surface area contributed by atoms with Crippen LogP contribution in [0.2, 0.25) is 0 Å². The van der Waals surface area contributed by atoms with Crippen molar-refractivity contribution >= 4 is 5.97 Å². The summed E-state index contributed by atoms with van der Waals surface area (Å²) in [6.07, 6.45) is 2.57. The maximum Gasteiger partial charge on any atom is 0.310 e. The number of rotatable bonds is 3. The van der Waals surface area contributed by atoms with Crippen molar-refractivity contribution in [2.24, 2.45) is 17.3 Å². The van der Waals surface area contributed by atoms with Crippen LogP contribution in [-0.4, -0.2) is 25.7 Å². The van der Waals surface area contributed by atoms with Gasteiger partial charge in [-0.15, -0.1) is 0 Å². The largest absolute Gasteiger partial charge is 0.466 e. The van der Waals surface area contributed by atoms with Gasteiger partial charge in [-0.05, 0) is 31.1 Å². The van der Waals surface area contributed by atoms with Gasteiger partial charge < -0.3 is 10.1 Å².